The van der Waals surface area contributed by atoms with Crippen LogP contribution in [0.1, 0.15) is 52.8 Å². The van der Waals surface area contributed by atoms with Gasteiger partial charge >= 0.3 is 0 Å². The van der Waals surface area contributed by atoms with Crippen LogP contribution in [0.2, 0.25) is 0 Å². The SMILES string of the molecule is CC(C)(C)c1ncc2conc2c1C(C)(C)C. The Labute approximate surface area is 102 Å². The molecule has 92 valence electrons. The van der Waals surface area contributed by atoms with Crippen LogP contribution in [-0.2, 0) is 10.8 Å². The lowest BCUT2D eigenvalue weighted by Gasteiger charge is -2.28. The summed E-state index contributed by atoms with van der Waals surface area (Å²) in [6, 6.07) is 0. The predicted octanol–water partition coefficient (Wildman–Crippen LogP) is 3.82. The second kappa shape index (κ2) is 3.56. The van der Waals surface area contributed by atoms with Crippen LogP contribution in [0.15, 0.2) is 17.0 Å². The zero-order valence-corrected chi connectivity index (χ0v) is 11.5. The maximum Gasteiger partial charge on any atom is 0.133 e. The van der Waals surface area contributed by atoms with E-state index >= 15 is 0 Å². The molecular weight excluding hydrogens is 212 g/mol. The summed E-state index contributed by atoms with van der Waals surface area (Å²) in [7, 11) is 0. The first-order valence-electron chi connectivity index (χ1n) is 5.95. The van der Waals surface area contributed by atoms with E-state index in [0.29, 0.717) is 0 Å². The summed E-state index contributed by atoms with van der Waals surface area (Å²) in [4.78, 5) is 4.62. The standard InChI is InChI=1S/C14H20N2O/c1-13(2,3)10-11-9(8-17-16-11)7-15-12(10)14(4,5)6/h7-8H,1-6H3. The molecule has 0 aliphatic rings. The molecule has 0 fully saturated rings. The number of hydrogen-bond acceptors (Lipinski definition) is 3. The van der Waals surface area contributed by atoms with E-state index in [0.717, 1.165) is 16.6 Å². The van der Waals surface area contributed by atoms with Gasteiger partial charge in [0, 0.05) is 17.2 Å². The number of nitrogens with zero attached hydrogens (tertiary/aromatic N) is 2. The van der Waals surface area contributed by atoms with Crippen molar-refractivity contribution in [2.75, 3.05) is 0 Å². The van der Waals surface area contributed by atoms with Crippen LogP contribution >= 0.6 is 0 Å². The minimum atomic E-state index is 0.00595. The Balaban J connectivity index is 2.85. The molecule has 0 saturated carbocycles. The van der Waals surface area contributed by atoms with Gasteiger partial charge in [0.25, 0.3) is 0 Å². The Bertz CT molecular complexity index is 541. The Hall–Kier alpha value is -1.38. The van der Waals surface area contributed by atoms with Gasteiger partial charge in [0.15, 0.2) is 0 Å². The normalized spacial score (nSPS) is 13.3. The van der Waals surface area contributed by atoms with Gasteiger partial charge in [-0.15, -0.1) is 0 Å². The van der Waals surface area contributed by atoms with Crippen LogP contribution in [0.25, 0.3) is 10.9 Å². The molecule has 2 aromatic heterocycles. The molecule has 0 atom stereocenters. The van der Waals surface area contributed by atoms with Gasteiger partial charge in [0.2, 0.25) is 0 Å². The lowest BCUT2D eigenvalue weighted by molar-refractivity contribution is 0.425. The quantitative estimate of drug-likeness (QED) is 0.693. The third-order valence-electron chi connectivity index (χ3n) is 2.86. The number of hydrogen-bond donors (Lipinski definition) is 0. The summed E-state index contributed by atoms with van der Waals surface area (Å²) in [6.07, 6.45) is 3.51. The molecule has 2 heterocycles. The van der Waals surface area contributed by atoms with Gasteiger partial charge in [-0.3, -0.25) is 4.98 Å². The van der Waals surface area contributed by atoms with E-state index in [1.54, 1.807) is 6.26 Å². The van der Waals surface area contributed by atoms with Crippen molar-refractivity contribution < 1.29 is 4.52 Å². The van der Waals surface area contributed by atoms with E-state index in [9.17, 15) is 0 Å². The summed E-state index contributed by atoms with van der Waals surface area (Å²) in [6.45, 7) is 13.1. The lowest BCUT2D eigenvalue weighted by Crippen LogP contribution is -2.24. The van der Waals surface area contributed by atoms with Crippen molar-refractivity contribution >= 4 is 10.9 Å². The molecule has 0 aliphatic heterocycles. The monoisotopic (exact) mass is 232 g/mol. The first-order chi connectivity index (χ1) is 7.71. The van der Waals surface area contributed by atoms with Gasteiger partial charge in [-0.25, -0.2) is 0 Å². The zero-order chi connectivity index (χ0) is 12.8. The fourth-order valence-electron chi connectivity index (χ4n) is 2.12. The van der Waals surface area contributed by atoms with Gasteiger partial charge < -0.3 is 4.52 Å². The maximum absolute atomic E-state index is 5.08. The Morgan fingerprint density at radius 3 is 2.18 bits per heavy atom. The molecule has 0 amide bonds. The fourth-order valence-corrected chi connectivity index (χ4v) is 2.12. The van der Waals surface area contributed by atoms with Crippen molar-refractivity contribution in [3.05, 3.63) is 23.7 Å². The van der Waals surface area contributed by atoms with Gasteiger partial charge in [0.05, 0.1) is 11.1 Å². The highest BCUT2D eigenvalue weighted by atomic mass is 16.5. The summed E-state index contributed by atoms with van der Waals surface area (Å²) in [5.74, 6) is 0. The Kier molecular flexibility index (Phi) is 2.53. The molecule has 3 nitrogen and oxygen atoms in total. The lowest BCUT2D eigenvalue weighted by atomic mass is 9.77. The minimum Gasteiger partial charge on any atom is -0.363 e. The van der Waals surface area contributed by atoms with Crippen LogP contribution in [0, 0.1) is 0 Å². The maximum atomic E-state index is 5.08. The van der Waals surface area contributed by atoms with Gasteiger partial charge in [-0.1, -0.05) is 46.7 Å². The largest absolute Gasteiger partial charge is 0.363 e. The number of fused-ring (bicyclic) bond motifs is 1. The fraction of sp³-hybridized carbons (Fsp3) is 0.571. The van der Waals surface area contributed by atoms with E-state index in [2.05, 4.69) is 51.7 Å². The van der Waals surface area contributed by atoms with Crippen LogP contribution < -0.4 is 0 Å². The molecule has 2 aromatic rings. The topological polar surface area (TPSA) is 38.9 Å². The van der Waals surface area contributed by atoms with Gasteiger partial charge in [-0.05, 0) is 5.41 Å². The van der Waals surface area contributed by atoms with Crippen LogP contribution in [-0.4, -0.2) is 10.1 Å². The van der Waals surface area contributed by atoms with Crippen LogP contribution in [0.5, 0.6) is 0 Å². The van der Waals surface area contributed by atoms with E-state index in [1.807, 2.05) is 6.20 Å². The number of pyridine rings is 1. The Morgan fingerprint density at radius 2 is 1.65 bits per heavy atom. The van der Waals surface area contributed by atoms with E-state index < -0.39 is 0 Å². The smallest absolute Gasteiger partial charge is 0.133 e. The first kappa shape index (κ1) is 12.1. The molecule has 0 saturated heterocycles. The van der Waals surface area contributed by atoms with Crippen molar-refractivity contribution in [2.24, 2.45) is 0 Å². The van der Waals surface area contributed by atoms with E-state index in [-0.39, 0.29) is 10.8 Å². The highest BCUT2D eigenvalue weighted by Crippen LogP contribution is 2.36. The summed E-state index contributed by atoms with van der Waals surface area (Å²) < 4.78 is 5.08. The average molecular weight is 232 g/mol. The van der Waals surface area contributed by atoms with E-state index in [4.69, 9.17) is 4.52 Å². The van der Waals surface area contributed by atoms with Crippen molar-refractivity contribution in [1.29, 1.82) is 0 Å². The van der Waals surface area contributed by atoms with E-state index in [1.165, 1.54) is 5.56 Å². The molecule has 0 unspecified atom stereocenters. The van der Waals surface area contributed by atoms with Crippen LogP contribution in [0.4, 0.5) is 0 Å². The molecule has 0 spiro atoms. The third-order valence-corrected chi connectivity index (χ3v) is 2.86. The summed E-state index contributed by atoms with van der Waals surface area (Å²) in [5, 5.41) is 5.12. The van der Waals surface area contributed by atoms with Crippen molar-refractivity contribution in [3.8, 4) is 0 Å². The second-order valence-corrected chi connectivity index (χ2v) is 6.60. The zero-order valence-electron chi connectivity index (χ0n) is 11.5. The highest BCUT2D eigenvalue weighted by Gasteiger charge is 2.29. The molecule has 0 aliphatic carbocycles. The van der Waals surface area contributed by atoms with Crippen molar-refractivity contribution in [1.82, 2.24) is 10.1 Å². The molecule has 0 bridgehead atoms. The van der Waals surface area contributed by atoms with Gasteiger partial charge in [-0.2, -0.15) is 0 Å². The third kappa shape index (κ3) is 2.06. The molecule has 0 N–H and O–H groups in total. The molecule has 2 rings (SSSR count). The van der Waals surface area contributed by atoms with Crippen LogP contribution in [0.3, 0.4) is 0 Å². The summed E-state index contributed by atoms with van der Waals surface area (Å²) >= 11 is 0. The molecule has 3 heteroatoms. The minimum absolute atomic E-state index is 0.00595. The molecular formula is C14H20N2O. The molecule has 0 aromatic carbocycles. The first-order valence-corrected chi connectivity index (χ1v) is 5.95. The summed E-state index contributed by atoms with van der Waals surface area (Å²) in [5.41, 5.74) is 3.25. The number of rotatable bonds is 0. The molecule has 17 heavy (non-hydrogen) atoms. The average Bonchev–Trinajstić information content (AvgIpc) is 2.59. The number of aromatic nitrogens is 2. The second-order valence-electron chi connectivity index (χ2n) is 6.60. The Morgan fingerprint density at radius 1 is 1.00 bits per heavy atom. The van der Waals surface area contributed by atoms with Crippen molar-refractivity contribution in [3.63, 3.8) is 0 Å². The van der Waals surface area contributed by atoms with Crippen molar-refractivity contribution in [2.45, 2.75) is 52.4 Å². The highest BCUT2D eigenvalue weighted by molar-refractivity contribution is 5.81. The molecule has 0 radical (unpaired) electrons. The predicted molar refractivity (Wildman–Crippen MR) is 69.2 cm³/mol. The van der Waals surface area contributed by atoms with Gasteiger partial charge in [0.1, 0.15) is 11.8 Å².